The van der Waals surface area contributed by atoms with Gasteiger partial charge in [0.05, 0.1) is 5.39 Å². The molecule has 1 aliphatic heterocycles. The number of rotatable bonds is 6. The Kier molecular flexibility index (Phi) is 6.29. The minimum absolute atomic E-state index is 0.0967. The lowest BCUT2D eigenvalue weighted by Crippen LogP contribution is -2.33. The lowest BCUT2D eigenvalue weighted by Gasteiger charge is -2.25. The van der Waals surface area contributed by atoms with Gasteiger partial charge in [-0.1, -0.05) is 49.7 Å². The van der Waals surface area contributed by atoms with Gasteiger partial charge in [0.25, 0.3) is 0 Å². The number of likely N-dealkylation sites (tertiary alicyclic amines) is 1. The Hall–Kier alpha value is -2.92. The summed E-state index contributed by atoms with van der Waals surface area (Å²) in [7, 11) is 0. The van der Waals surface area contributed by atoms with Gasteiger partial charge in [0.2, 0.25) is 0 Å². The highest BCUT2D eigenvalue weighted by molar-refractivity contribution is 6.02. The topological polar surface area (TPSA) is 59.8 Å². The van der Waals surface area contributed by atoms with E-state index in [9.17, 15) is 9.59 Å². The van der Waals surface area contributed by atoms with E-state index in [0.717, 1.165) is 25.2 Å². The predicted molar refractivity (Wildman–Crippen MR) is 118 cm³/mol. The molecule has 0 unspecified atom stereocenters. The van der Waals surface area contributed by atoms with Crippen molar-refractivity contribution in [3.8, 4) is 11.3 Å². The maximum absolute atomic E-state index is 13.1. The van der Waals surface area contributed by atoms with E-state index >= 15 is 0 Å². The fourth-order valence-electron chi connectivity index (χ4n) is 4.09. The molecule has 0 atom stereocenters. The number of esters is 1. The first-order valence-corrected chi connectivity index (χ1v) is 10.7. The molecule has 1 fully saturated rings. The van der Waals surface area contributed by atoms with E-state index in [1.807, 2.05) is 37.3 Å². The number of ether oxygens (including phenoxy) is 1. The molecule has 0 saturated carbocycles. The van der Waals surface area contributed by atoms with Crippen molar-refractivity contribution in [1.82, 2.24) is 4.90 Å². The molecule has 0 amide bonds. The molecule has 2 aromatic carbocycles. The number of para-hydroxylation sites is 1. The fraction of sp³-hybridized carbons (Fsp3) is 0.360. The van der Waals surface area contributed by atoms with Crippen LogP contribution in [0.1, 0.15) is 42.1 Å². The van der Waals surface area contributed by atoms with Crippen molar-refractivity contribution in [1.29, 1.82) is 0 Å². The van der Waals surface area contributed by atoms with Crippen LogP contribution < -0.4 is 5.43 Å². The van der Waals surface area contributed by atoms with Crippen LogP contribution >= 0.6 is 0 Å². The largest absolute Gasteiger partial charge is 0.461 e. The van der Waals surface area contributed by atoms with Gasteiger partial charge in [-0.3, -0.25) is 9.69 Å². The zero-order chi connectivity index (χ0) is 20.9. The van der Waals surface area contributed by atoms with Gasteiger partial charge in [-0.05, 0) is 44.5 Å². The van der Waals surface area contributed by atoms with Crippen LogP contribution in [0, 0.1) is 0 Å². The van der Waals surface area contributed by atoms with Crippen LogP contribution in [-0.4, -0.2) is 37.1 Å². The van der Waals surface area contributed by atoms with Crippen LogP contribution in [0.15, 0.2) is 57.7 Å². The lowest BCUT2D eigenvalue weighted by atomic mass is 10.0. The summed E-state index contributed by atoms with van der Waals surface area (Å²) in [6.07, 6.45) is 4.22. The summed E-state index contributed by atoms with van der Waals surface area (Å²) in [6, 6.07) is 14.6. The lowest BCUT2D eigenvalue weighted by molar-refractivity contribution is 0.0453. The summed E-state index contributed by atoms with van der Waals surface area (Å²) in [4.78, 5) is 28.3. The molecule has 2 heterocycles. The molecule has 156 valence electrons. The van der Waals surface area contributed by atoms with Gasteiger partial charge in [-0.25, -0.2) is 4.79 Å². The van der Waals surface area contributed by atoms with Crippen LogP contribution in [0.4, 0.5) is 0 Å². The molecule has 0 bridgehead atoms. The van der Waals surface area contributed by atoms with Gasteiger partial charge in [0.15, 0.2) is 11.0 Å². The number of carbonyl (C=O) groups is 1. The minimum Gasteiger partial charge on any atom is -0.461 e. The number of piperidine rings is 1. The Labute approximate surface area is 176 Å². The van der Waals surface area contributed by atoms with E-state index in [0.29, 0.717) is 40.9 Å². The zero-order valence-electron chi connectivity index (χ0n) is 17.4. The minimum atomic E-state index is -0.455. The molecular weight excluding hydrogens is 378 g/mol. The first-order valence-electron chi connectivity index (χ1n) is 10.7. The standard InChI is InChI=1S/C25H27NO4/c1-2-19-22(27)20-12-9-13-21(24(20)30-23(19)18-10-5-3-6-11-18)25(28)29-17-16-26-14-7-4-8-15-26/h3,5-6,9-13H,2,4,7-8,14-17H2,1H3. The van der Waals surface area contributed by atoms with E-state index in [2.05, 4.69) is 4.90 Å². The van der Waals surface area contributed by atoms with E-state index in [-0.39, 0.29) is 5.43 Å². The maximum atomic E-state index is 13.1. The molecular formula is C25H27NO4. The first kappa shape index (κ1) is 20.4. The van der Waals surface area contributed by atoms with Crippen LogP contribution in [0.5, 0.6) is 0 Å². The summed E-state index contributed by atoms with van der Waals surface area (Å²) in [5, 5.41) is 0.414. The number of hydrogen-bond donors (Lipinski definition) is 0. The van der Waals surface area contributed by atoms with Crippen LogP contribution in [0.25, 0.3) is 22.3 Å². The van der Waals surface area contributed by atoms with Crippen molar-refractivity contribution >= 4 is 16.9 Å². The maximum Gasteiger partial charge on any atom is 0.342 e. The summed E-state index contributed by atoms with van der Waals surface area (Å²) in [5.74, 6) is 0.0631. The van der Waals surface area contributed by atoms with E-state index in [1.54, 1.807) is 18.2 Å². The van der Waals surface area contributed by atoms with E-state index in [1.165, 1.54) is 19.3 Å². The first-order chi connectivity index (χ1) is 14.7. The van der Waals surface area contributed by atoms with Crippen molar-refractivity contribution in [2.45, 2.75) is 32.6 Å². The number of fused-ring (bicyclic) bond motifs is 1. The second kappa shape index (κ2) is 9.26. The zero-order valence-corrected chi connectivity index (χ0v) is 17.4. The highest BCUT2D eigenvalue weighted by Gasteiger charge is 2.20. The molecule has 3 aromatic rings. The third-order valence-electron chi connectivity index (χ3n) is 5.71. The van der Waals surface area contributed by atoms with Crippen LogP contribution in [-0.2, 0) is 11.2 Å². The Balaban J connectivity index is 1.66. The number of carbonyl (C=O) groups excluding carboxylic acids is 1. The molecule has 1 saturated heterocycles. The van der Waals surface area contributed by atoms with Gasteiger partial charge in [-0.2, -0.15) is 0 Å². The smallest absolute Gasteiger partial charge is 0.342 e. The molecule has 1 aromatic heterocycles. The quantitative estimate of drug-likeness (QED) is 0.558. The number of hydrogen-bond acceptors (Lipinski definition) is 5. The highest BCUT2D eigenvalue weighted by atomic mass is 16.5. The van der Waals surface area contributed by atoms with E-state index < -0.39 is 5.97 Å². The Morgan fingerprint density at radius 2 is 1.80 bits per heavy atom. The molecule has 4 rings (SSSR count). The Morgan fingerprint density at radius 1 is 1.03 bits per heavy atom. The molecule has 0 spiro atoms. The molecule has 1 aliphatic rings. The molecule has 5 heteroatoms. The van der Waals surface area contributed by atoms with Crippen molar-refractivity contribution in [2.75, 3.05) is 26.2 Å². The monoisotopic (exact) mass is 405 g/mol. The molecule has 0 N–H and O–H groups in total. The SMILES string of the molecule is CCc1c(-c2ccccc2)oc2c(C(=O)OCCN3CCCCC3)cccc2c1=O. The summed E-state index contributed by atoms with van der Waals surface area (Å²) >= 11 is 0. The van der Waals surface area contributed by atoms with Crippen molar-refractivity contribution < 1.29 is 13.9 Å². The molecule has 0 radical (unpaired) electrons. The molecule has 0 aliphatic carbocycles. The van der Waals surface area contributed by atoms with Crippen molar-refractivity contribution in [3.63, 3.8) is 0 Å². The van der Waals surface area contributed by atoms with Gasteiger partial charge in [0, 0.05) is 17.7 Å². The highest BCUT2D eigenvalue weighted by Crippen LogP contribution is 2.28. The average molecular weight is 405 g/mol. The molecule has 30 heavy (non-hydrogen) atoms. The predicted octanol–water partition coefficient (Wildman–Crippen LogP) is 4.67. The fourth-order valence-corrected chi connectivity index (χ4v) is 4.09. The summed E-state index contributed by atoms with van der Waals surface area (Å²) in [5.41, 5.74) is 1.93. The van der Waals surface area contributed by atoms with Gasteiger partial charge < -0.3 is 9.15 Å². The van der Waals surface area contributed by atoms with Gasteiger partial charge >= 0.3 is 5.97 Å². The van der Waals surface area contributed by atoms with E-state index in [4.69, 9.17) is 9.15 Å². The number of benzene rings is 2. The average Bonchev–Trinajstić information content (AvgIpc) is 2.80. The van der Waals surface area contributed by atoms with Crippen molar-refractivity contribution in [3.05, 3.63) is 69.9 Å². The third kappa shape index (κ3) is 4.17. The second-order valence-corrected chi connectivity index (χ2v) is 7.68. The van der Waals surface area contributed by atoms with Crippen molar-refractivity contribution in [2.24, 2.45) is 0 Å². The normalized spacial score (nSPS) is 14.7. The summed E-state index contributed by atoms with van der Waals surface area (Å²) in [6.45, 7) is 5.11. The Bertz CT molecular complexity index is 1080. The molecule has 5 nitrogen and oxygen atoms in total. The third-order valence-corrected chi connectivity index (χ3v) is 5.71. The van der Waals surface area contributed by atoms with Gasteiger partial charge in [-0.15, -0.1) is 0 Å². The van der Waals surface area contributed by atoms with Crippen LogP contribution in [0.3, 0.4) is 0 Å². The van der Waals surface area contributed by atoms with Crippen LogP contribution in [0.2, 0.25) is 0 Å². The Morgan fingerprint density at radius 3 is 2.53 bits per heavy atom. The van der Waals surface area contributed by atoms with Gasteiger partial charge in [0.1, 0.15) is 17.9 Å². The second-order valence-electron chi connectivity index (χ2n) is 7.68. The summed E-state index contributed by atoms with van der Waals surface area (Å²) < 4.78 is 11.7. The number of nitrogens with zero attached hydrogens (tertiary/aromatic N) is 1.